The Bertz CT molecular complexity index is 1100. The average molecular weight is 438 g/mol. The number of hydrogen-bond donors (Lipinski definition) is 0. The SMILES string of the molecule is N#CC[C@@H]1CC[C@@]2(S(=O)(=O)c3ccc(Cl)cc3)c3c(F)ccc(F)c3OC[C@H]2C1. The molecule has 1 fully saturated rings. The number of nitriles is 1. The Kier molecular flexibility index (Phi) is 5.04. The number of halogens is 3. The van der Waals surface area contributed by atoms with Gasteiger partial charge in [0.25, 0.3) is 0 Å². The van der Waals surface area contributed by atoms with Gasteiger partial charge in [0.05, 0.1) is 23.1 Å². The zero-order chi connectivity index (χ0) is 20.8. The van der Waals surface area contributed by atoms with Gasteiger partial charge in [-0.1, -0.05) is 11.6 Å². The molecule has 0 amide bonds. The third kappa shape index (κ3) is 3.01. The molecule has 2 aromatic rings. The summed E-state index contributed by atoms with van der Waals surface area (Å²) in [7, 11) is -4.12. The Morgan fingerprint density at radius 2 is 1.86 bits per heavy atom. The molecule has 2 aliphatic rings. The van der Waals surface area contributed by atoms with Crippen molar-refractivity contribution < 1.29 is 21.9 Å². The average Bonchev–Trinajstić information content (AvgIpc) is 2.70. The topological polar surface area (TPSA) is 67.2 Å². The van der Waals surface area contributed by atoms with Crippen molar-refractivity contribution in [1.29, 1.82) is 5.26 Å². The Balaban J connectivity index is 1.96. The van der Waals surface area contributed by atoms with E-state index in [1.807, 2.05) is 0 Å². The minimum Gasteiger partial charge on any atom is -0.490 e. The number of ether oxygens (including phenoxy) is 1. The Labute approximate surface area is 173 Å². The fourth-order valence-corrected chi connectivity index (χ4v) is 7.23. The highest BCUT2D eigenvalue weighted by Crippen LogP contribution is 2.57. The van der Waals surface area contributed by atoms with E-state index < -0.39 is 32.1 Å². The molecular formula is C21H18ClF2NO3S. The lowest BCUT2D eigenvalue weighted by Crippen LogP contribution is -2.52. The van der Waals surface area contributed by atoms with Crippen LogP contribution >= 0.6 is 11.6 Å². The number of nitrogens with zero attached hydrogens (tertiary/aromatic N) is 1. The van der Waals surface area contributed by atoms with Crippen molar-refractivity contribution in [3.63, 3.8) is 0 Å². The molecule has 29 heavy (non-hydrogen) atoms. The third-order valence-corrected chi connectivity index (χ3v) is 8.94. The maximum atomic E-state index is 15.0. The van der Waals surface area contributed by atoms with Crippen molar-refractivity contribution in [1.82, 2.24) is 0 Å². The highest BCUT2D eigenvalue weighted by atomic mass is 35.5. The van der Waals surface area contributed by atoms with Crippen molar-refractivity contribution in [2.24, 2.45) is 11.8 Å². The lowest BCUT2D eigenvalue weighted by molar-refractivity contribution is 0.0992. The van der Waals surface area contributed by atoms with Crippen LogP contribution in [-0.2, 0) is 14.6 Å². The quantitative estimate of drug-likeness (QED) is 0.677. The molecule has 0 radical (unpaired) electrons. The summed E-state index contributed by atoms with van der Waals surface area (Å²) in [5, 5.41) is 9.43. The second kappa shape index (κ2) is 7.26. The molecule has 0 saturated heterocycles. The van der Waals surface area contributed by atoms with Crippen molar-refractivity contribution in [3.8, 4) is 11.8 Å². The summed E-state index contributed by atoms with van der Waals surface area (Å²) in [4.78, 5) is 0.00199. The van der Waals surface area contributed by atoms with E-state index in [1.165, 1.54) is 24.3 Å². The van der Waals surface area contributed by atoms with Crippen LogP contribution in [0, 0.1) is 34.8 Å². The summed E-state index contributed by atoms with van der Waals surface area (Å²) in [6.07, 6.45) is 1.18. The van der Waals surface area contributed by atoms with Gasteiger partial charge in [-0.25, -0.2) is 17.2 Å². The van der Waals surface area contributed by atoms with Crippen LogP contribution in [0.2, 0.25) is 5.02 Å². The Morgan fingerprint density at radius 3 is 2.55 bits per heavy atom. The Hall–Kier alpha value is -2.17. The zero-order valence-electron chi connectivity index (χ0n) is 15.4. The first kappa shape index (κ1) is 20.1. The molecule has 2 aromatic carbocycles. The number of fused-ring (bicyclic) bond motifs is 3. The van der Waals surface area contributed by atoms with Crippen molar-refractivity contribution in [2.75, 3.05) is 6.61 Å². The van der Waals surface area contributed by atoms with Gasteiger partial charge in [-0.3, -0.25) is 0 Å². The highest BCUT2D eigenvalue weighted by molar-refractivity contribution is 7.92. The molecule has 0 spiro atoms. The van der Waals surface area contributed by atoms with Gasteiger partial charge in [0, 0.05) is 17.4 Å². The molecule has 0 aromatic heterocycles. The van der Waals surface area contributed by atoms with Crippen LogP contribution in [0.1, 0.15) is 31.2 Å². The second-order valence-electron chi connectivity index (χ2n) is 7.59. The van der Waals surface area contributed by atoms with Gasteiger partial charge in [0.2, 0.25) is 0 Å². The standard InChI is InChI=1S/C21H18ClF2NO3S/c22-15-1-3-16(4-2-15)29(26,27)21-9-7-13(8-10-25)11-14(21)12-28-20-18(24)6-5-17(23)19(20)21/h1-6,13-14H,7-9,11-12H2/t13-,14+,21-/m0/s1. The maximum Gasteiger partial charge on any atom is 0.188 e. The summed E-state index contributed by atoms with van der Waals surface area (Å²) < 4.78 is 61.2. The van der Waals surface area contributed by atoms with Gasteiger partial charge in [-0.05, 0) is 61.6 Å². The van der Waals surface area contributed by atoms with E-state index in [4.69, 9.17) is 21.6 Å². The van der Waals surface area contributed by atoms with E-state index in [0.29, 0.717) is 17.9 Å². The van der Waals surface area contributed by atoms with E-state index >= 15 is 4.39 Å². The van der Waals surface area contributed by atoms with Gasteiger partial charge >= 0.3 is 0 Å². The fraction of sp³-hybridized carbons (Fsp3) is 0.381. The summed E-state index contributed by atoms with van der Waals surface area (Å²) in [5.41, 5.74) is -0.237. The van der Waals surface area contributed by atoms with Crippen molar-refractivity contribution in [3.05, 3.63) is 58.6 Å². The molecule has 1 aliphatic carbocycles. The maximum absolute atomic E-state index is 15.0. The lowest BCUT2D eigenvalue weighted by atomic mass is 9.68. The van der Waals surface area contributed by atoms with Gasteiger partial charge < -0.3 is 4.74 Å². The molecule has 1 aliphatic heterocycles. The van der Waals surface area contributed by atoms with E-state index in [9.17, 15) is 12.8 Å². The Morgan fingerprint density at radius 1 is 1.17 bits per heavy atom. The highest BCUT2D eigenvalue weighted by Gasteiger charge is 2.59. The first-order valence-corrected chi connectivity index (χ1v) is 11.2. The molecule has 8 heteroatoms. The van der Waals surface area contributed by atoms with Crippen LogP contribution in [-0.4, -0.2) is 15.0 Å². The van der Waals surface area contributed by atoms with Gasteiger partial charge in [0.15, 0.2) is 21.4 Å². The molecule has 4 rings (SSSR count). The predicted molar refractivity (Wildman–Crippen MR) is 103 cm³/mol. The van der Waals surface area contributed by atoms with E-state index in [0.717, 1.165) is 12.1 Å². The summed E-state index contributed by atoms with van der Waals surface area (Å²) >= 11 is 5.91. The largest absolute Gasteiger partial charge is 0.490 e. The molecule has 1 saturated carbocycles. The van der Waals surface area contributed by atoms with Crippen LogP contribution in [0.5, 0.6) is 5.75 Å². The number of rotatable bonds is 3. The van der Waals surface area contributed by atoms with Gasteiger partial charge in [0.1, 0.15) is 10.6 Å². The minimum atomic E-state index is -4.12. The summed E-state index contributed by atoms with van der Waals surface area (Å²) in [5.74, 6) is -2.54. The number of hydrogen-bond acceptors (Lipinski definition) is 4. The van der Waals surface area contributed by atoms with Crippen LogP contribution in [0.15, 0.2) is 41.3 Å². The predicted octanol–water partition coefficient (Wildman–Crippen LogP) is 5.01. The molecule has 152 valence electrons. The lowest BCUT2D eigenvalue weighted by Gasteiger charge is -2.48. The van der Waals surface area contributed by atoms with Crippen molar-refractivity contribution in [2.45, 2.75) is 35.3 Å². The number of sulfone groups is 1. The first-order valence-electron chi connectivity index (χ1n) is 9.29. The summed E-state index contributed by atoms with van der Waals surface area (Å²) in [6.45, 7) is -0.0535. The van der Waals surface area contributed by atoms with Crippen LogP contribution in [0.3, 0.4) is 0 Å². The first-order chi connectivity index (χ1) is 13.8. The van der Waals surface area contributed by atoms with Gasteiger partial charge in [-0.2, -0.15) is 5.26 Å². The molecule has 0 N–H and O–H groups in total. The molecule has 3 atom stereocenters. The molecule has 4 nitrogen and oxygen atoms in total. The normalized spacial score (nSPS) is 26.0. The third-order valence-electron chi connectivity index (χ3n) is 6.10. The number of benzene rings is 2. The molecule has 1 heterocycles. The minimum absolute atomic E-state index is 0.00199. The smallest absolute Gasteiger partial charge is 0.188 e. The van der Waals surface area contributed by atoms with Crippen LogP contribution < -0.4 is 4.74 Å². The van der Waals surface area contributed by atoms with Crippen molar-refractivity contribution >= 4 is 21.4 Å². The fourth-order valence-electron chi connectivity index (χ4n) is 4.74. The second-order valence-corrected chi connectivity index (χ2v) is 10.2. The van der Waals surface area contributed by atoms with Gasteiger partial charge in [-0.15, -0.1) is 0 Å². The molecular weight excluding hydrogens is 420 g/mol. The molecule has 0 unspecified atom stereocenters. The molecule has 0 bridgehead atoms. The van der Waals surface area contributed by atoms with Crippen LogP contribution in [0.4, 0.5) is 8.78 Å². The zero-order valence-corrected chi connectivity index (χ0v) is 16.9. The van der Waals surface area contributed by atoms with Crippen LogP contribution in [0.25, 0.3) is 0 Å². The van der Waals surface area contributed by atoms with E-state index in [2.05, 4.69) is 6.07 Å². The van der Waals surface area contributed by atoms with E-state index in [1.54, 1.807) is 0 Å². The van der Waals surface area contributed by atoms with E-state index in [-0.39, 0.29) is 41.6 Å². The summed E-state index contributed by atoms with van der Waals surface area (Å²) in [6, 6.07) is 9.71. The monoisotopic (exact) mass is 437 g/mol.